The Labute approximate surface area is 291 Å². The summed E-state index contributed by atoms with van der Waals surface area (Å²) in [5.74, 6) is 1.17. The molecule has 2 aromatic carbocycles. The van der Waals surface area contributed by atoms with Crippen molar-refractivity contribution in [2.45, 2.75) is 71.9 Å². The zero-order chi connectivity index (χ0) is 32.1. The minimum Gasteiger partial charge on any atom is -0.870 e. The number of aliphatic carboxylic acids is 1. The predicted octanol–water partition coefficient (Wildman–Crippen LogP) is 2.01. The number of methoxy groups -OCH3 is 3. The van der Waals surface area contributed by atoms with Crippen molar-refractivity contribution < 1.29 is 53.2 Å². The first-order chi connectivity index (χ1) is 21.7. The van der Waals surface area contributed by atoms with Gasteiger partial charge in [0.1, 0.15) is 11.5 Å². The number of nitrogens with zero attached hydrogens (tertiary/aromatic N) is 2. The van der Waals surface area contributed by atoms with Crippen molar-refractivity contribution in [3.8, 4) is 11.5 Å². The largest absolute Gasteiger partial charge is 1.00 e. The molecule has 2 aliphatic carbocycles. The number of aromatic nitrogens is 4. The third-order valence-corrected chi connectivity index (χ3v) is 9.42. The van der Waals surface area contributed by atoms with Crippen molar-refractivity contribution in [2.24, 2.45) is 23.7 Å². The third-order valence-electron chi connectivity index (χ3n) is 9.42. The number of benzene rings is 2. The number of hydrogen-bond acceptors (Lipinski definition) is 8. The summed E-state index contributed by atoms with van der Waals surface area (Å²) < 4.78 is 18.8. The number of ether oxygens (including phenoxy) is 3. The molecule has 0 spiro atoms. The number of carboxylic acids is 1. The molecule has 4 N–H and O–H groups in total. The van der Waals surface area contributed by atoms with E-state index in [2.05, 4.69) is 9.97 Å². The van der Waals surface area contributed by atoms with Crippen LogP contribution < -0.4 is 39.7 Å². The van der Waals surface area contributed by atoms with Gasteiger partial charge in [-0.1, -0.05) is 7.43 Å². The molecule has 13 nitrogen and oxygen atoms in total. The first-order valence-electron chi connectivity index (χ1n) is 15.5. The van der Waals surface area contributed by atoms with Crippen LogP contribution in [0.1, 0.15) is 58.8 Å². The molecule has 258 valence electrons. The van der Waals surface area contributed by atoms with Gasteiger partial charge >= 0.3 is 42.2 Å². The number of fused-ring (bicyclic) bond motifs is 2. The number of nitrogens with one attached hydrogen (secondary N) is 2. The zero-order valence-electron chi connectivity index (χ0n) is 27.5. The molecule has 0 radical (unpaired) electrons. The molecule has 2 heterocycles. The van der Waals surface area contributed by atoms with Crippen LogP contribution in [0.3, 0.4) is 0 Å². The topological polar surface area (TPSA) is 188 Å². The predicted molar refractivity (Wildman–Crippen MR) is 177 cm³/mol. The maximum Gasteiger partial charge on any atom is 1.00 e. The molecule has 0 saturated heterocycles. The van der Waals surface area contributed by atoms with Crippen molar-refractivity contribution >= 4 is 34.0 Å². The molecule has 0 atom stereocenters. The second-order valence-corrected chi connectivity index (χ2v) is 12.1. The Kier molecular flexibility index (Phi) is 15.1. The Balaban J connectivity index is 0.000000314. The van der Waals surface area contributed by atoms with E-state index < -0.39 is 5.97 Å². The number of esters is 1. The Morgan fingerprint density at radius 3 is 1.48 bits per heavy atom. The first kappa shape index (κ1) is 40.3. The summed E-state index contributed by atoms with van der Waals surface area (Å²) in [6.45, 7) is 1.29. The fourth-order valence-corrected chi connectivity index (χ4v) is 6.74. The number of carbonyl (C=O) groups excluding carboxylic acids is 1. The van der Waals surface area contributed by atoms with Crippen molar-refractivity contribution in [1.29, 1.82) is 0 Å². The van der Waals surface area contributed by atoms with E-state index in [0.717, 1.165) is 72.1 Å². The molecular weight excluding hydrogens is 615 g/mol. The number of imidazole rings is 2. The minimum atomic E-state index is -0.701. The van der Waals surface area contributed by atoms with Gasteiger partial charge in [0.2, 0.25) is 0 Å². The maximum atomic E-state index is 12.2. The van der Waals surface area contributed by atoms with Crippen LogP contribution in [0.5, 0.6) is 11.5 Å². The molecule has 0 unspecified atom stereocenters. The van der Waals surface area contributed by atoms with E-state index in [0.29, 0.717) is 37.8 Å². The number of aromatic amines is 2. The molecule has 2 fully saturated rings. The fraction of sp³-hybridized carbons (Fsp3) is 0.529. The number of H-pyrrole nitrogens is 2. The van der Waals surface area contributed by atoms with E-state index in [1.54, 1.807) is 23.4 Å². The molecule has 6 rings (SSSR count). The van der Waals surface area contributed by atoms with Crippen LogP contribution in [0.15, 0.2) is 46.0 Å². The monoisotopic (exact) mass is 662 g/mol. The second kappa shape index (κ2) is 18.0. The summed E-state index contributed by atoms with van der Waals surface area (Å²) in [5, 5.41) is 9.05. The number of hydrogen-bond donors (Lipinski definition) is 3. The maximum absolute atomic E-state index is 12.2. The van der Waals surface area contributed by atoms with Gasteiger partial charge in [0.15, 0.2) is 0 Å². The van der Waals surface area contributed by atoms with Gasteiger partial charge in [0.05, 0.1) is 55.2 Å². The van der Waals surface area contributed by atoms with E-state index in [9.17, 15) is 19.2 Å². The molecule has 4 aromatic rings. The van der Waals surface area contributed by atoms with Gasteiger partial charge in [0.25, 0.3) is 0 Å². The Bertz CT molecular complexity index is 1760. The van der Waals surface area contributed by atoms with Gasteiger partial charge < -0.3 is 34.8 Å². The van der Waals surface area contributed by atoms with Crippen LogP contribution in [0.25, 0.3) is 22.1 Å². The van der Waals surface area contributed by atoms with Crippen LogP contribution in [0.4, 0.5) is 0 Å². The second-order valence-electron chi connectivity index (χ2n) is 12.1. The normalized spacial score (nSPS) is 20.2. The van der Waals surface area contributed by atoms with Gasteiger partial charge in [-0.2, -0.15) is 0 Å². The summed E-state index contributed by atoms with van der Waals surface area (Å²) in [7, 11) is 4.65. The third kappa shape index (κ3) is 9.15. The summed E-state index contributed by atoms with van der Waals surface area (Å²) in [4.78, 5) is 52.7. The first-order valence-corrected chi connectivity index (χ1v) is 15.5. The van der Waals surface area contributed by atoms with Gasteiger partial charge in [-0.15, -0.1) is 0 Å². The number of carbonyl (C=O) groups is 2. The summed E-state index contributed by atoms with van der Waals surface area (Å²) in [6.07, 6.45) is 6.61. The van der Waals surface area contributed by atoms with Gasteiger partial charge in [-0.25, -0.2) is 9.59 Å². The minimum absolute atomic E-state index is 0. The number of rotatable bonds is 8. The standard InChI is InChI=1S/C17H22N2O4.C16H20N2O4.CH4.Li.H2O/c1-22-13-7-8-14-15(9-13)19(17(21)18-14)10-11-3-5-12(6-4-11)16(20)23-2;1-22-12-6-7-13-14(8-12)18(16(21)17-13)9-10-2-4-11(5-3-10)15(19)20;;;/h7-9,11-12H,3-6,10H2,1-2H3,(H,18,21);6-8,10-11H,2-5,9H2,1H3,(H,17,21)(H,19,20);1H4;;1H2/q;;;+1;/p-1. The molecule has 2 saturated carbocycles. The summed E-state index contributed by atoms with van der Waals surface area (Å²) >= 11 is 0. The number of carboxylic acid groups (broad SMARTS) is 1. The van der Waals surface area contributed by atoms with Crippen LogP contribution in [-0.2, 0) is 27.4 Å². The van der Waals surface area contributed by atoms with Crippen molar-refractivity contribution in [2.75, 3.05) is 21.3 Å². The van der Waals surface area contributed by atoms with Crippen LogP contribution in [-0.4, -0.2) is 63.0 Å². The SMILES string of the molecule is C.COC(=O)C1CCC(Cn2c(=O)[nH]c3ccc(OC)cc32)CC1.COc1ccc2[nH]c(=O)n(CC3CCC(C(=O)O)CC3)c2c1.[Li+].[OH-]. The average molecular weight is 663 g/mol. The molecule has 0 aliphatic heterocycles. The smallest absolute Gasteiger partial charge is 0.870 e. The van der Waals surface area contributed by atoms with Crippen molar-refractivity contribution in [3.63, 3.8) is 0 Å². The Morgan fingerprint density at radius 2 is 1.12 bits per heavy atom. The molecule has 2 aromatic heterocycles. The van der Waals surface area contributed by atoms with Crippen molar-refractivity contribution in [3.05, 3.63) is 57.4 Å². The summed E-state index contributed by atoms with van der Waals surface area (Å²) in [5.41, 5.74) is 3.10. The van der Waals surface area contributed by atoms with Gasteiger partial charge in [-0.05, 0) is 87.5 Å². The summed E-state index contributed by atoms with van der Waals surface area (Å²) in [6, 6.07) is 11.1. The quantitative estimate of drug-likeness (QED) is 0.187. The van der Waals surface area contributed by atoms with E-state index in [4.69, 9.17) is 19.3 Å². The average Bonchev–Trinajstić information content (AvgIpc) is 3.54. The van der Waals surface area contributed by atoms with Gasteiger partial charge in [0, 0.05) is 25.2 Å². The Morgan fingerprint density at radius 1 is 0.729 bits per heavy atom. The van der Waals surface area contributed by atoms with E-state index in [1.165, 1.54) is 7.11 Å². The van der Waals surface area contributed by atoms with Crippen LogP contribution in [0.2, 0.25) is 0 Å². The van der Waals surface area contributed by atoms with Crippen molar-refractivity contribution in [1.82, 2.24) is 19.1 Å². The molecular formula is C34H47LiN4O9. The van der Waals surface area contributed by atoms with Crippen LogP contribution in [0, 0.1) is 23.7 Å². The molecule has 48 heavy (non-hydrogen) atoms. The van der Waals surface area contributed by atoms with E-state index in [1.807, 2.05) is 36.4 Å². The van der Waals surface area contributed by atoms with Gasteiger partial charge in [-0.3, -0.25) is 18.7 Å². The fourth-order valence-electron chi connectivity index (χ4n) is 6.74. The zero-order valence-corrected chi connectivity index (χ0v) is 27.5. The van der Waals surface area contributed by atoms with E-state index in [-0.39, 0.29) is 60.9 Å². The molecule has 0 bridgehead atoms. The molecule has 0 amide bonds. The van der Waals surface area contributed by atoms with E-state index >= 15 is 0 Å². The Hall–Kier alpha value is -3.92. The molecule has 14 heteroatoms. The molecule has 2 aliphatic rings. The van der Waals surface area contributed by atoms with Crippen LogP contribution >= 0.6 is 0 Å².